The van der Waals surface area contributed by atoms with Gasteiger partial charge in [0.05, 0.1) is 11.6 Å². The zero-order chi connectivity index (χ0) is 13.7. The summed E-state index contributed by atoms with van der Waals surface area (Å²) in [5, 5.41) is 11.7. The molecule has 0 aliphatic rings. The highest BCUT2D eigenvalue weighted by atomic mass is 16.1. The third-order valence-corrected chi connectivity index (χ3v) is 2.95. The lowest BCUT2D eigenvalue weighted by Gasteiger charge is -2.08. The van der Waals surface area contributed by atoms with E-state index in [-0.39, 0.29) is 5.91 Å². The van der Waals surface area contributed by atoms with Gasteiger partial charge in [0.1, 0.15) is 0 Å². The highest BCUT2D eigenvalue weighted by Crippen LogP contribution is 2.08. The van der Waals surface area contributed by atoms with Crippen molar-refractivity contribution in [2.24, 2.45) is 0 Å². The number of nitrogens with one attached hydrogen (secondary N) is 1. The van der Waals surface area contributed by atoms with Gasteiger partial charge in [0.2, 0.25) is 0 Å². The van der Waals surface area contributed by atoms with Crippen LogP contribution in [0.5, 0.6) is 0 Å². The van der Waals surface area contributed by atoms with Crippen molar-refractivity contribution in [1.82, 2.24) is 5.32 Å². The van der Waals surface area contributed by atoms with E-state index < -0.39 is 0 Å². The molecule has 19 heavy (non-hydrogen) atoms. The Balaban J connectivity index is 2.06. The third-order valence-electron chi connectivity index (χ3n) is 2.95. The van der Waals surface area contributed by atoms with Crippen molar-refractivity contribution in [2.45, 2.75) is 13.5 Å². The van der Waals surface area contributed by atoms with Crippen LogP contribution >= 0.6 is 0 Å². The summed E-state index contributed by atoms with van der Waals surface area (Å²) in [6.45, 7) is 2.50. The largest absolute Gasteiger partial charge is 0.348 e. The van der Waals surface area contributed by atoms with E-state index in [4.69, 9.17) is 5.26 Å². The molecular formula is C16H14N2O. The van der Waals surface area contributed by atoms with Gasteiger partial charge in [-0.2, -0.15) is 5.26 Å². The predicted octanol–water partition coefficient (Wildman–Crippen LogP) is 2.80. The maximum absolute atomic E-state index is 12.0. The van der Waals surface area contributed by atoms with Crippen molar-refractivity contribution in [3.63, 3.8) is 0 Å². The Morgan fingerprint density at radius 1 is 1.21 bits per heavy atom. The molecule has 1 amide bonds. The van der Waals surface area contributed by atoms with Gasteiger partial charge in [0, 0.05) is 12.1 Å². The number of carbonyl (C=O) groups excluding carboxylic acids is 1. The van der Waals surface area contributed by atoms with Crippen LogP contribution in [-0.2, 0) is 6.54 Å². The number of amides is 1. The molecule has 0 saturated carbocycles. The minimum atomic E-state index is -0.166. The predicted molar refractivity (Wildman–Crippen MR) is 73.5 cm³/mol. The first-order valence-corrected chi connectivity index (χ1v) is 6.03. The lowest BCUT2D eigenvalue weighted by molar-refractivity contribution is 0.0951. The number of hydrogen-bond acceptors (Lipinski definition) is 2. The Bertz CT molecular complexity index is 641. The van der Waals surface area contributed by atoms with Crippen LogP contribution in [0.25, 0.3) is 0 Å². The summed E-state index contributed by atoms with van der Waals surface area (Å²) in [6, 6.07) is 16.6. The van der Waals surface area contributed by atoms with Gasteiger partial charge in [-0.3, -0.25) is 4.79 Å². The van der Waals surface area contributed by atoms with Gasteiger partial charge in [-0.1, -0.05) is 30.3 Å². The number of hydrogen-bond donors (Lipinski definition) is 1. The van der Waals surface area contributed by atoms with Crippen LogP contribution in [0.3, 0.4) is 0 Å². The van der Waals surface area contributed by atoms with E-state index in [0.717, 1.165) is 11.1 Å². The van der Waals surface area contributed by atoms with E-state index in [2.05, 4.69) is 5.32 Å². The SMILES string of the molecule is Cc1ccccc1CNC(=O)c1cccc(C#N)c1. The Labute approximate surface area is 112 Å². The normalized spacial score (nSPS) is 9.68. The maximum Gasteiger partial charge on any atom is 0.251 e. The standard InChI is InChI=1S/C16H14N2O/c1-12-5-2-3-7-15(12)11-18-16(19)14-8-4-6-13(9-14)10-17/h2-9H,11H2,1H3,(H,18,19). The molecule has 3 nitrogen and oxygen atoms in total. The molecule has 0 fully saturated rings. The van der Waals surface area contributed by atoms with Gasteiger partial charge >= 0.3 is 0 Å². The van der Waals surface area contributed by atoms with Crippen LogP contribution in [0.4, 0.5) is 0 Å². The first-order chi connectivity index (χ1) is 9.20. The molecule has 0 atom stereocenters. The van der Waals surface area contributed by atoms with Gasteiger partial charge in [-0.25, -0.2) is 0 Å². The first-order valence-electron chi connectivity index (χ1n) is 6.03. The molecule has 0 aromatic heterocycles. The maximum atomic E-state index is 12.0. The third kappa shape index (κ3) is 3.20. The van der Waals surface area contributed by atoms with Crippen molar-refractivity contribution in [3.8, 4) is 6.07 Å². The number of carbonyl (C=O) groups is 1. The second kappa shape index (κ2) is 5.83. The van der Waals surface area contributed by atoms with E-state index in [1.165, 1.54) is 0 Å². The van der Waals surface area contributed by atoms with Gasteiger partial charge in [0.25, 0.3) is 5.91 Å². The van der Waals surface area contributed by atoms with Gasteiger partial charge < -0.3 is 5.32 Å². The van der Waals surface area contributed by atoms with Crippen LogP contribution < -0.4 is 5.32 Å². The summed E-state index contributed by atoms with van der Waals surface area (Å²) in [4.78, 5) is 12.0. The Kier molecular flexibility index (Phi) is 3.94. The number of nitriles is 1. The van der Waals surface area contributed by atoms with Crippen molar-refractivity contribution < 1.29 is 4.79 Å². The highest BCUT2D eigenvalue weighted by Gasteiger charge is 2.06. The molecule has 2 aromatic carbocycles. The molecule has 0 spiro atoms. The average molecular weight is 250 g/mol. The fourth-order valence-corrected chi connectivity index (χ4v) is 1.82. The molecule has 0 aliphatic heterocycles. The summed E-state index contributed by atoms with van der Waals surface area (Å²) in [5.41, 5.74) is 3.23. The molecule has 0 aliphatic carbocycles. The van der Waals surface area contributed by atoms with Crippen LogP contribution in [0.15, 0.2) is 48.5 Å². The summed E-state index contributed by atoms with van der Waals surface area (Å²) < 4.78 is 0. The number of rotatable bonds is 3. The molecule has 3 heteroatoms. The Hall–Kier alpha value is -2.60. The Morgan fingerprint density at radius 2 is 2.00 bits per heavy atom. The molecular weight excluding hydrogens is 236 g/mol. The van der Waals surface area contributed by atoms with Crippen LogP contribution in [-0.4, -0.2) is 5.91 Å². The van der Waals surface area contributed by atoms with E-state index in [0.29, 0.717) is 17.7 Å². The molecule has 0 radical (unpaired) electrons. The number of benzene rings is 2. The van der Waals surface area contributed by atoms with E-state index in [9.17, 15) is 4.79 Å². The monoisotopic (exact) mass is 250 g/mol. The molecule has 94 valence electrons. The smallest absolute Gasteiger partial charge is 0.251 e. The van der Waals surface area contributed by atoms with Crippen molar-refractivity contribution in [1.29, 1.82) is 5.26 Å². The van der Waals surface area contributed by atoms with E-state index >= 15 is 0 Å². The van der Waals surface area contributed by atoms with Crippen molar-refractivity contribution in [2.75, 3.05) is 0 Å². The fourth-order valence-electron chi connectivity index (χ4n) is 1.82. The van der Waals surface area contributed by atoms with Crippen LogP contribution in [0.2, 0.25) is 0 Å². The van der Waals surface area contributed by atoms with Gasteiger partial charge in [-0.05, 0) is 36.2 Å². The summed E-state index contributed by atoms with van der Waals surface area (Å²) in [6.07, 6.45) is 0. The molecule has 1 N–H and O–H groups in total. The minimum absolute atomic E-state index is 0.166. The van der Waals surface area contributed by atoms with E-state index in [1.807, 2.05) is 37.3 Å². The second-order valence-corrected chi connectivity index (χ2v) is 4.30. The Morgan fingerprint density at radius 3 is 2.74 bits per heavy atom. The minimum Gasteiger partial charge on any atom is -0.348 e. The van der Waals surface area contributed by atoms with Gasteiger partial charge in [-0.15, -0.1) is 0 Å². The van der Waals surface area contributed by atoms with Crippen molar-refractivity contribution >= 4 is 5.91 Å². The zero-order valence-corrected chi connectivity index (χ0v) is 10.7. The molecule has 0 heterocycles. The number of aryl methyl sites for hydroxylation is 1. The summed E-state index contributed by atoms with van der Waals surface area (Å²) >= 11 is 0. The van der Waals surface area contributed by atoms with Crippen molar-refractivity contribution in [3.05, 3.63) is 70.8 Å². The molecule has 0 saturated heterocycles. The first kappa shape index (κ1) is 12.8. The molecule has 2 rings (SSSR count). The average Bonchev–Trinajstić information content (AvgIpc) is 2.46. The molecule has 0 unspecified atom stereocenters. The summed E-state index contributed by atoms with van der Waals surface area (Å²) in [5.74, 6) is -0.166. The molecule has 0 bridgehead atoms. The quantitative estimate of drug-likeness (QED) is 0.910. The second-order valence-electron chi connectivity index (χ2n) is 4.30. The topological polar surface area (TPSA) is 52.9 Å². The lowest BCUT2D eigenvalue weighted by Crippen LogP contribution is -2.23. The lowest BCUT2D eigenvalue weighted by atomic mass is 10.1. The van der Waals surface area contributed by atoms with Crippen LogP contribution in [0, 0.1) is 18.3 Å². The van der Waals surface area contributed by atoms with E-state index in [1.54, 1.807) is 24.3 Å². The fraction of sp³-hybridized carbons (Fsp3) is 0.125. The number of nitrogens with zero attached hydrogens (tertiary/aromatic N) is 1. The molecule has 2 aromatic rings. The van der Waals surface area contributed by atoms with Gasteiger partial charge in [0.15, 0.2) is 0 Å². The zero-order valence-electron chi connectivity index (χ0n) is 10.7. The summed E-state index contributed by atoms with van der Waals surface area (Å²) in [7, 11) is 0. The highest BCUT2D eigenvalue weighted by molar-refractivity contribution is 5.94. The van der Waals surface area contributed by atoms with Crippen LogP contribution in [0.1, 0.15) is 27.0 Å².